The third-order valence-electron chi connectivity index (χ3n) is 3.27. The second kappa shape index (κ2) is 5.46. The molecule has 1 amide bonds. The Hall–Kier alpha value is -2.52. The minimum absolute atomic E-state index is 0.178. The van der Waals surface area contributed by atoms with Crippen molar-refractivity contribution in [2.24, 2.45) is 0 Å². The molecule has 3 aromatic carbocycles. The lowest BCUT2D eigenvalue weighted by molar-refractivity contribution is 0.102. The number of nitrogens with two attached hydrogens (primary N) is 1. The molecule has 0 bridgehead atoms. The Morgan fingerprint density at radius 2 is 1.71 bits per heavy atom. The molecule has 4 heteroatoms. The molecule has 0 saturated carbocycles. The Labute approximate surface area is 127 Å². The number of hydrogen-bond donors (Lipinski definition) is 2. The van der Waals surface area contributed by atoms with Crippen molar-refractivity contribution in [1.29, 1.82) is 0 Å². The number of benzene rings is 3. The van der Waals surface area contributed by atoms with Gasteiger partial charge in [0, 0.05) is 11.3 Å². The molecule has 0 fully saturated rings. The van der Waals surface area contributed by atoms with Crippen LogP contribution < -0.4 is 11.1 Å². The average molecular weight is 297 g/mol. The summed E-state index contributed by atoms with van der Waals surface area (Å²) in [7, 11) is 0. The molecule has 3 N–H and O–H groups in total. The summed E-state index contributed by atoms with van der Waals surface area (Å²) in [4.78, 5) is 12.3. The molecule has 0 aliphatic heterocycles. The number of nitrogens with one attached hydrogen (secondary N) is 1. The molecule has 0 aliphatic rings. The molecule has 104 valence electrons. The van der Waals surface area contributed by atoms with Crippen molar-refractivity contribution in [2.75, 3.05) is 11.1 Å². The van der Waals surface area contributed by atoms with Crippen LogP contribution in [0, 0.1) is 0 Å². The first-order valence-corrected chi connectivity index (χ1v) is 6.86. The molecule has 0 saturated heterocycles. The number of hydrogen-bond acceptors (Lipinski definition) is 2. The van der Waals surface area contributed by atoms with Gasteiger partial charge in [-0.25, -0.2) is 0 Å². The van der Waals surface area contributed by atoms with Gasteiger partial charge in [0.25, 0.3) is 5.91 Å². The van der Waals surface area contributed by atoms with E-state index >= 15 is 0 Å². The zero-order valence-electron chi connectivity index (χ0n) is 11.1. The maximum Gasteiger partial charge on any atom is 0.255 e. The second-order valence-corrected chi connectivity index (χ2v) is 5.16. The van der Waals surface area contributed by atoms with E-state index in [1.807, 2.05) is 36.4 Å². The summed E-state index contributed by atoms with van der Waals surface area (Å²) in [5.74, 6) is -0.178. The van der Waals surface area contributed by atoms with Gasteiger partial charge in [-0.05, 0) is 41.1 Å². The van der Waals surface area contributed by atoms with E-state index in [-0.39, 0.29) is 5.91 Å². The number of carbonyl (C=O) groups is 1. The number of amides is 1. The van der Waals surface area contributed by atoms with Crippen LogP contribution in [-0.2, 0) is 0 Å². The van der Waals surface area contributed by atoms with E-state index in [0.717, 1.165) is 10.8 Å². The molecular weight excluding hydrogens is 284 g/mol. The van der Waals surface area contributed by atoms with Crippen LogP contribution in [0.3, 0.4) is 0 Å². The van der Waals surface area contributed by atoms with Crippen LogP contribution in [0.1, 0.15) is 10.4 Å². The second-order valence-electron chi connectivity index (χ2n) is 4.75. The van der Waals surface area contributed by atoms with Gasteiger partial charge in [-0.15, -0.1) is 0 Å². The normalized spacial score (nSPS) is 10.5. The minimum Gasteiger partial charge on any atom is -0.397 e. The molecule has 0 radical (unpaired) electrons. The van der Waals surface area contributed by atoms with E-state index in [1.165, 1.54) is 0 Å². The van der Waals surface area contributed by atoms with Crippen molar-refractivity contribution in [3.8, 4) is 0 Å². The molecule has 0 spiro atoms. The first kappa shape index (κ1) is 13.5. The average Bonchev–Trinajstić information content (AvgIpc) is 2.50. The quantitative estimate of drug-likeness (QED) is 0.692. The van der Waals surface area contributed by atoms with Crippen LogP contribution in [-0.4, -0.2) is 5.91 Å². The van der Waals surface area contributed by atoms with Gasteiger partial charge >= 0.3 is 0 Å². The summed E-state index contributed by atoms with van der Waals surface area (Å²) in [5.41, 5.74) is 7.38. The van der Waals surface area contributed by atoms with E-state index in [4.69, 9.17) is 17.3 Å². The summed E-state index contributed by atoms with van der Waals surface area (Å²) in [5, 5.41) is 5.41. The fourth-order valence-corrected chi connectivity index (χ4v) is 2.27. The third kappa shape index (κ3) is 2.83. The Balaban J connectivity index is 1.87. The van der Waals surface area contributed by atoms with Crippen molar-refractivity contribution in [1.82, 2.24) is 0 Å². The molecule has 0 unspecified atom stereocenters. The summed E-state index contributed by atoms with van der Waals surface area (Å²) < 4.78 is 0. The van der Waals surface area contributed by atoms with Crippen molar-refractivity contribution < 1.29 is 4.79 Å². The van der Waals surface area contributed by atoms with E-state index in [9.17, 15) is 4.79 Å². The lowest BCUT2D eigenvalue weighted by Gasteiger charge is -2.08. The minimum atomic E-state index is -0.178. The van der Waals surface area contributed by atoms with Gasteiger partial charge in [-0.1, -0.05) is 41.9 Å². The van der Waals surface area contributed by atoms with Crippen LogP contribution in [0.15, 0.2) is 60.7 Å². The highest BCUT2D eigenvalue weighted by molar-refractivity contribution is 6.33. The summed E-state index contributed by atoms with van der Waals surface area (Å²) in [6.45, 7) is 0. The van der Waals surface area contributed by atoms with Crippen molar-refractivity contribution in [2.45, 2.75) is 0 Å². The standard InChI is InChI=1S/C17H13ClN2O/c18-15-8-7-14(10-16(15)19)20-17(21)13-6-5-11-3-1-2-4-12(11)9-13/h1-10H,19H2,(H,20,21). The van der Waals surface area contributed by atoms with Crippen LogP contribution in [0.25, 0.3) is 10.8 Å². The Bertz CT molecular complexity index is 830. The van der Waals surface area contributed by atoms with Gasteiger partial charge in [0.2, 0.25) is 0 Å². The van der Waals surface area contributed by atoms with Crippen LogP contribution in [0.5, 0.6) is 0 Å². The number of anilines is 2. The van der Waals surface area contributed by atoms with Crippen LogP contribution in [0.2, 0.25) is 5.02 Å². The first-order chi connectivity index (χ1) is 10.1. The molecule has 21 heavy (non-hydrogen) atoms. The third-order valence-corrected chi connectivity index (χ3v) is 3.61. The number of nitrogen functional groups attached to an aromatic ring is 1. The highest BCUT2D eigenvalue weighted by Crippen LogP contribution is 2.23. The molecule has 0 aromatic heterocycles. The molecular formula is C17H13ClN2O. The SMILES string of the molecule is Nc1cc(NC(=O)c2ccc3ccccc3c2)ccc1Cl. The number of carbonyl (C=O) groups excluding carboxylic acids is 1. The van der Waals surface area contributed by atoms with Gasteiger partial charge < -0.3 is 11.1 Å². The van der Waals surface area contributed by atoms with Crippen LogP contribution >= 0.6 is 11.6 Å². The highest BCUT2D eigenvalue weighted by Gasteiger charge is 2.07. The summed E-state index contributed by atoms with van der Waals surface area (Å²) in [6.07, 6.45) is 0. The molecule has 0 heterocycles. The molecule has 0 aliphatic carbocycles. The molecule has 3 nitrogen and oxygen atoms in total. The van der Waals surface area contributed by atoms with Crippen molar-refractivity contribution >= 4 is 39.7 Å². The Morgan fingerprint density at radius 3 is 2.48 bits per heavy atom. The zero-order chi connectivity index (χ0) is 14.8. The number of halogens is 1. The first-order valence-electron chi connectivity index (χ1n) is 6.49. The van der Waals surface area contributed by atoms with Gasteiger partial charge in [0.05, 0.1) is 10.7 Å². The van der Waals surface area contributed by atoms with Gasteiger partial charge in [-0.3, -0.25) is 4.79 Å². The van der Waals surface area contributed by atoms with Crippen LogP contribution in [0.4, 0.5) is 11.4 Å². The van der Waals surface area contributed by atoms with Gasteiger partial charge in [0.15, 0.2) is 0 Å². The maximum absolute atomic E-state index is 12.3. The Kier molecular flexibility index (Phi) is 3.50. The fourth-order valence-electron chi connectivity index (χ4n) is 2.16. The van der Waals surface area contributed by atoms with E-state index in [1.54, 1.807) is 24.3 Å². The molecule has 3 aromatic rings. The smallest absolute Gasteiger partial charge is 0.255 e. The van der Waals surface area contributed by atoms with Crippen molar-refractivity contribution in [3.63, 3.8) is 0 Å². The predicted octanol–water partition coefficient (Wildman–Crippen LogP) is 4.33. The number of rotatable bonds is 2. The monoisotopic (exact) mass is 296 g/mol. The summed E-state index contributed by atoms with van der Waals surface area (Å²) >= 11 is 5.86. The maximum atomic E-state index is 12.3. The zero-order valence-corrected chi connectivity index (χ0v) is 11.9. The van der Waals surface area contributed by atoms with Gasteiger partial charge in [0.1, 0.15) is 0 Å². The molecule has 0 atom stereocenters. The van der Waals surface area contributed by atoms with E-state index < -0.39 is 0 Å². The van der Waals surface area contributed by atoms with E-state index in [2.05, 4.69) is 5.32 Å². The van der Waals surface area contributed by atoms with E-state index in [0.29, 0.717) is 22.0 Å². The Morgan fingerprint density at radius 1 is 0.952 bits per heavy atom. The topological polar surface area (TPSA) is 55.1 Å². The lowest BCUT2D eigenvalue weighted by atomic mass is 10.1. The fraction of sp³-hybridized carbons (Fsp3) is 0. The highest BCUT2D eigenvalue weighted by atomic mass is 35.5. The largest absolute Gasteiger partial charge is 0.397 e. The molecule has 3 rings (SSSR count). The van der Waals surface area contributed by atoms with Gasteiger partial charge in [-0.2, -0.15) is 0 Å². The lowest BCUT2D eigenvalue weighted by Crippen LogP contribution is -2.11. The predicted molar refractivity (Wildman–Crippen MR) is 87.8 cm³/mol. The van der Waals surface area contributed by atoms with Crippen molar-refractivity contribution in [3.05, 3.63) is 71.2 Å². The number of fused-ring (bicyclic) bond motifs is 1. The summed E-state index contributed by atoms with van der Waals surface area (Å²) in [6, 6.07) is 18.5.